The predicted octanol–water partition coefficient (Wildman–Crippen LogP) is 3.97. The van der Waals surface area contributed by atoms with Crippen LogP contribution in [0.4, 0.5) is 61.5 Å². The van der Waals surface area contributed by atoms with Crippen LogP contribution in [0, 0.1) is 5.41 Å². The van der Waals surface area contributed by atoms with E-state index in [1.54, 1.807) is 0 Å². The zero-order valence-corrected chi connectivity index (χ0v) is 13.6. The van der Waals surface area contributed by atoms with Crippen LogP contribution in [0.2, 0.25) is 0 Å². The second-order valence-corrected chi connectivity index (χ2v) is 6.08. The second-order valence-electron chi connectivity index (χ2n) is 6.08. The van der Waals surface area contributed by atoms with E-state index in [1.165, 1.54) is 0 Å². The molecule has 0 bridgehead atoms. The summed E-state index contributed by atoms with van der Waals surface area (Å²) in [6.45, 7) is -3.72. The zero-order valence-electron chi connectivity index (χ0n) is 13.6. The smallest absolute Gasteiger partial charge is 0.390 e. The van der Waals surface area contributed by atoms with Crippen LogP contribution in [0.25, 0.3) is 0 Å². The average molecular weight is 484 g/mol. The molecule has 0 aromatic heterocycles. The van der Waals surface area contributed by atoms with Crippen molar-refractivity contribution in [2.24, 2.45) is 5.41 Å². The first-order valence-electron chi connectivity index (χ1n) is 6.95. The van der Waals surface area contributed by atoms with Crippen molar-refractivity contribution in [2.45, 2.75) is 55.3 Å². The van der Waals surface area contributed by atoms with E-state index >= 15 is 0 Å². The number of alkyl halides is 14. The van der Waals surface area contributed by atoms with Gasteiger partial charge in [-0.05, 0) is 6.92 Å². The minimum Gasteiger partial charge on any atom is -0.390 e. The quantitative estimate of drug-likeness (QED) is 0.572. The van der Waals surface area contributed by atoms with Crippen molar-refractivity contribution in [3.8, 4) is 0 Å². The normalized spacial score (nSPS) is 40.4. The molecule has 30 heavy (non-hydrogen) atoms. The Morgan fingerprint density at radius 3 is 1.13 bits per heavy atom. The summed E-state index contributed by atoms with van der Waals surface area (Å²) in [6, 6.07) is 0. The first-order valence-corrected chi connectivity index (χ1v) is 6.95. The van der Waals surface area contributed by atoms with Crippen molar-refractivity contribution in [2.75, 3.05) is 6.61 Å². The molecule has 2 saturated heterocycles. The van der Waals surface area contributed by atoms with Gasteiger partial charge in [-0.25, -0.2) is 0 Å². The maximum absolute atomic E-state index is 14.2. The number of ether oxygens (including phenoxy) is 4. The van der Waals surface area contributed by atoms with E-state index < -0.39 is 67.3 Å². The Labute approximate surface area is 154 Å². The number of hydrogen-bond donors (Lipinski definition) is 1. The monoisotopic (exact) mass is 484 g/mol. The summed E-state index contributed by atoms with van der Waals surface area (Å²) >= 11 is 0. The molecule has 2 fully saturated rings. The lowest BCUT2D eigenvalue weighted by Gasteiger charge is -2.59. The Hall–Kier alpha value is -1.18. The third kappa shape index (κ3) is 2.81. The van der Waals surface area contributed by atoms with Crippen molar-refractivity contribution in [1.29, 1.82) is 0 Å². The summed E-state index contributed by atoms with van der Waals surface area (Å²) in [5.41, 5.74) is -7.05. The lowest BCUT2D eigenvalue weighted by molar-refractivity contribution is -0.686. The topological polar surface area (TPSA) is 57.2 Å². The molecule has 2 rings (SSSR count). The summed E-state index contributed by atoms with van der Waals surface area (Å²) in [4.78, 5) is 0. The van der Waals surface area contributed by atoms with Crippen molar-refractivity contribution < 1.29 is 85.5 Å². The van der Waals surface area contributed by atoms with Gasteiger partial charge in [0.2, 0.25) is 0 Å². The van der Waals surface area contributed by atoms with Gasteiger partial charge in [0, 0.05) is 0 Å². The van der Waals surface area contributed by atoms with Gasteiger partial charge in [0.15, 0.2) is 0 Å². The summed E-state index contributed by atoms with van der Waals surface area (Å²) in [5.74, 6) is -10.7. The molecule has 2 aliphatic heterocycles. The SMILES string of the molecule is CC1(C(F)(F)F)OC(F)(F)C2(C(F)(F)O1)C(F)(F)OC(CO)(C(F)(F)F)OC2(F)F. The fraction of sp³-hybridized carbons (Fsp3) is 1.00. The van der Waals surface area contributed by atoms with Crippen LogP contribution < -0.4 is 0 Å². The van der Waals surface area contributed by atoms with Crippen molar-refractivity contribution in [3.63, 3.8) is 0 Å². The molecular weight excluding hydrogens is 478 g/mol. The van der Waals surface area contributed by atoms with E-state index in [0.717, 1.165) is 0 Å². The first-order chi connectivity index (χ1) is 12.9. The van der Waals surface area contributed by atoms with Crippen LogP contribution in [0.15, 0.2) is 0 Å². The van der Waals surface area contributed by atoms with Crippen molar-refractivity contribution in [3.05, 3.63) is 0 Å². The summed E-state index contributed by atoms with van der Waals surface area (Å²) in [5, 5.41) is 8.56. The maximum atomic E-state index is 14.2. The van der Waals surface area contributed by atoms with Crippen LogP contribution in [0.1, 0.15) is 6.92 Å². The molecule has 0 atom stereocenters. The van der Waals surface area contributed by atoms with Gasteiger partial charge in [0.05, 0.1) is 0 Å². The number of aliphatic hydroxyl groups is 1. The van der Waals surface area contributed by atoms with E-state index in [2.05, 4.69) is 18.9 Å². The van der Waals surface area contributed by atoms with Crippen LogP contribution in [0.3, 0.4) is 0 Å². The summed E-state index contributed by atoms with van der Waals surface area (Å²) in [6.07, 6.45) is -41.2. The Kier molecular flexibility index (Phi) is 5.00. The summed E-state index contributed by atoms with van der Waals surface area (Å²) in [7, 11) is 0. The van der Waals surface area contributed by atoms with Crippen LogP contribution in [0.5, 0.6) is 0 Å². The fourth-order valence-corrected chi connectivity index (χ4v) is 2.65. The van der Waals surface area contributed by atoms with Gasteiger partial charge in [-0.15, -0.1) is 0 Å². The molecule has 0 aromatic rings. The van der Waals surface area contributed by atoms with E-state index in [0.29, 0.717) is 0 Å². The van der Waals surface area contributed by atoms with Gasteiger partial charge in [-0.3, -0.25) is 18.9 Å². The van der Waals surface area contributed by atoms with E-state index in [9.17, 15) is 61.5 Å². The van der Waals surface area contributed by atoms with Gasteiger partial charge in [-0.2, -0.15) is 61.5 Å². The third-order valence-corrected chi connectivity index (χ3v) is 4.13. The molecular formula is C11H6F14O5. The third-order valence-electron chi connectivity index (χ3n) is 4.13. The molecule has 178 valence electrons. The van der Waals surface area contributed by atoms with Gasteiger partial charge < -0.3 is 5.11 Å². The zero-order chi connectivity index (χ0) is 24.0. The Balaban J connectivity index is 2.82. The molecule has 1 spiro atoms. The Morgan fingerprint density at radius 1 is 0.600 bits per heavy atom. The standard InChI is InChI=1S/C11H6F14O5/c1-3(6(12,13)14)27-8(18,19)5(9(20,21)28-3)10(22,23)29-4(2-26,7(15,16)17)30-11(5,24)25/h26H,2H2,1H3. The van der Waals surface area contributed by atoms with Gasteiger partial charge in [-0.1, -0.05) is 0 Å². The number of aliphatic hydroxyl groups excluding tert-OH is 1. The molecule has 2 aliphatic rings. The molecule has 19 heteroatoms. The van der Waals surface area contributed by atoms with Crippen LogP contribution in [-0.4, -0.2) is 60.1 Å². The predicted molar refractivity (Wildman–Crippen MR) is 56.9 cm³/mol. The number of halogens is 14. The van der Waals surface area contributed by atoms with Gasteiger partial charge >= 0.3 is 42.2 Å². The number of rotatable bonds is 1. The van der Waals surface area contributed by atoms with Gasteiger partial charge in [0.1, 0.15) is 6.61 Å². The molecule has 0 radical (unpaired) electrons. The highest BCUT2D eigenvalue weighted by molar-refractivity contribution is 5.13. The van der Waals surface area contributed by atoms with Crippen LogP contribution >= 0.6 is 0 Å². The van der Waals surface area contributed by atoms with Crippen LogP contribution in [-0.2, 0) is 18.9 Å². The molecule has 0 saturated carbocycles. The molecule has 2 heterocycles. The molecule has 0 aliphatic carbocycles. The van der Waals surface area contributed by atoms with E-state index in [4.69, 9.17) is 5.11 Å². The van der Waals surface area contributed by atoms with Gasteiger partial charge in [0.25, 0.3) is 11.6 Å². The maximum Gasteiger partial charge on any atom is 0.446 e. The van der Waals surface area contributed by atoms with E-state index in [-0.39, 0.29) is 0 Å². The Bertz CT molecular complexity index is 659. The minimum atomic E-state index is -7.09. The molecule has 0 aromatic carbocycles. The molecule has 5 nitrogen and oxygen atoms in total. The minimum absolute atomic E-state index is 0.726. The molecule has 1 N–H and O–H groups in total. The fourth-order valence-electron chi connectivity index (χ4n) is 2.65. The van der Waals surface area contributed by atoms with E-state index in [1.807, 2.05) is 0 Å². The lowest BCUT2D eigenvalue weighted by Crippen LogP contribution is -2.85. The lowest BCUT2D eigenvalue weighted by atomic mass is 9.78. The first kappa shape index (κ1) is 25.1. The summed E-state index contributed by atoms with van der Waals surface area (Å²) < 4.78 is 201. The average Bonchev–Trinajstić information content (AvgIpc) is 2.38. The molecule has 0 unspecified atom stereocenters. The highest BCUT2D eigenvalue weighted by atomic mass is 19.4. The highest BCUT2D eigenvalue weighted by Crippen LogP contribution is 2.73. The highest BCUT2D eigenvalue weighted by Gasteiger charge is 3.01. The number of hydrogen-bond acceptors (Lipinski definition) is 5. The largest absolute Gasteiger partial charge is 0.446 e. The second kappa shape index (κ2) is 5.99. The van der Waals surface area contributed by atoms with Crippen molar-refractivity contribution in [1.82, 2.24) is 0 Å². The Morgan fingerprint density at radius 2 is 0.900 bits per heavy atom. The molecule has 0 amide bonds. The van der Waals surface area contributed by atoms with Crippen molar-refractivity contribution >= 4 is 0 Å².